The van der Waals surface area contributed by atoms with Crippen LogP contribution in [0.2, 0.25) is 5.02 Å². The first-order valence-corrected chi connectivity index (χ1v) is 11.6. The first kappa shape index (κ1) is 19.5. The minimum absolute atomic E-state index is 0.471. The number of benzene rings is 1. The van der Waals surface area contributed by atoms with E-state index in [0.717, 1.165) is 66.6 Å². The van der Waals surface area contributed by atoms with Crippen molar-refractivity contribution >= 4 is 34.3 Å². The highest BCUT2D eigenvalue weighted by Gasteiger charge is 2.31. The van der Waals surface area contributed by atoms with Crippen molar-refractivity contribution in [3.8, 4) is 0 Å². The zero-order valence-electron chi connectivity index (χ0n) is 17.7. The van der Waals surface area contributed by atoms with Crippen LogP contribution in [0.5, 0.6) is 0 Å². The third-order valence-corrected chi connectivity index (χ3v) is 7.27. The van der Waals surface area contributed by atoms with Gasteiger partial charge in [0.05, 0.1) is 30.5 Å². The molecule has 31 heavy (non-hydrogen) atoms. The Morgan fingerprint density at radius 2 is 1.87 bits per heavy atom. The zero-order chi connectivity index (χ0) is 20.9. The van der Waals surface area contributed by atoms with Gasteiger partial charge in [0.15, 0.2) is 0 Å². The van der Waals surface area contributed by atoms with E-state index in [1.54, 1.807) is 0 Å². The Labute approximate surface area is 186 Å². The third kappa shape index (κ3) is 3.79. The maximum Gasteiger partial charge on any atom is 0.228 e. The maximum absolute atomic E-state index is 6.69. The maximum atomic E-state index is 6.69. The van der Waals surface area contributed by atoms with E-state index in [1.165, 1.54) is 18.4 Å². The van der Waals surface area contributed by atoms with Crippen LogP contribution in [0.4, 0.5) is 11.8 Å². The fourth-order valence-electron chi connectivity index (χ4n) is 4.75. The van der Waals surface area contributed by atoms with Crippen molar-refractivity contribution in [3.63, 3.8) is 0 Å². The van der Waals surface area contributed by atoms with E-state index in [-0.39, 0.29) is 0 Å². The molecule has 162 valence electrons. The van der Waals surface area contributed by atoms with Crippen LogP contribution < -0.4 is 5.32 Å². The van der Waals surface area contributed by atoms with Gasteiger partial charge in [-0.2, -0.15) is 5.10 Å². The fraction of sp³-hybridized carbons (Fsp3) is 0.522. The molecule has 0 radical (unpaired) electrons. The van der Waals surface area contributed by atoms with Crippen molar-refractivity contribution in [2.75, 3.05) is 31.6 Å². The summed E-state index contributed by atoms with van der Waals surface area (Å²) < 4.78 is 7.23. The molecule has 1 aliphatic carbocycles. The van der Waals surface area contributed by atoms with Gasteiger partial charge in [-0.25, -0.2) is 9.97 Å². The van der Waals surface area contributed by atoms with E-state index in [4.69, 9.17) is 21.3 Å². The summed E-state index contributed by atoms with van der Waals surface area (Å²) in [7, 11) is 1.95. The highest BCUT2D eigenvalue weighted by molar-refractivity contribution is 6.32. The van der Waals surface area contributed by atoms with Gasteiger partial charge >= 0.3 is 0 Å². The number of halogens is 1. The van der Waals surface area contributed by atoms with Gasteiger partial charge < -0.3 is 10.1 Å². The summed E-state index contributed by atoms with van der Waals surface area (Å²) >= 11 is 6.69. The van der Waals surface area contributed by atoms with E-state index in [9.17, 15) is 0 Å². The number of piperidine rings is 1. The summed E-state index contributed by atoms with van der Waals surface area (Å²) in [5.41, 5.74) is 3.29. The highest BCUT2D eigenvalue weighted by atomic mass is 35.5. The number of rotatable bonds is 5. The van der Waals surface area contributed by atoms with Gasteiger partial charge in [-0.05, 0) is 62.4 Å². The second-order valence-corrected chi connectivity index (χ2v) is 9.51. The Hall–Kier alpha value is -2.22. The van der Waals surface area contributed by atoms with Crippen molar-refractivity contribution in [2.45, 2.75) is 43.6 Å². The second-order valence-electron chi connectivity index (χ2n) is 9.10. The van der Waals surface area contributed by atoms with E-state index < -0.39 is 0 Å². The molecule has 2 aliphatic heterocycles. The average molecular weight is 439 g/mol. The smallest absolute Gasteiger partial charge is 0.228 e. The Bertz CT molecular complexity index is 1110. The van der Waals surface area contributed by atoms with Crippen LogP contribution >= 0.6 is 11.6 Å². The Morgan fingerprint density at radius 1 is 1.06 bits per heavy atom. The summed E-state index contributed by atoms with van der Waals surface area (Å²) in [6.45, 7) is 3.97. The van der Waals surface area contributed by atoms with E-state index in [0.29, 0.717) is 23.8 Å². The number of fused-ring (bicyclic) bond motifs is 1. The third-order valence-electron chi connectivity index (χ3n) is 6.94. The minimum atomic E-state index is 0.471. The molecule has 0 atom stereocenters. The standard InChI is InChI=1S/C23H27ClN6O/c1-29-22(10-21(28-29)15-2-3-15)27-23-25-11-16-8-19(24)18(9-20(16)26-23)14-4-6-30(7-5-14)17-12-31-13-17/h8-11,14-15,17H,2-7,12-13H2,1H3,(H,25,26,27). The first-order valence-electron chi connectivity index (χ1n) is 11.2. The summed E-state index contributed by atoms with van der Waals surface area (Å²) in [5, 5.41) is 9.74. The number of hydrogen-bond acceptors (Lipinski definition) is 6. The van der Waals surface area contributed by atoms with Crippen LogP contribution in [0, 0.1) is 0 Å². The predicted molar refractivity (Wildman–Crippen MR) is 121 cm³/mol. The Balaban J connectivity index is 1.23. The molecule has 6 rings (SSSR count). The number of aryl methyl sites for hydroxylation is 1. The fourth-order valence-corrected chi connectivity index (χ4v) is 5.08. The molecule has 1 N–H and O–H groups in total. The van der Waals surface area contributed by atoms with E-state index in [1.807, 2.05) is 24.0 Å². The number of nitrogens with one attached hydrogen (secondary N) is 1. The van der Waals surface area contributed by atoms with Crippen molar-refractivity contribution in [1.29, 1.82) is 0 Å². The number of aromatic nitrogens is 4. The van der Waals surface area contributed by atoms with Crippen molar-refractivity contribution in [1.82, 2.24) is 24.6 Å². The lowest BCUT2D eigenvalue weighted by molar-refractivity contribution is -0.0712. The molecule has 7 nitrogen and oxygen atoms in total. The largest absolute Gasteiger partial charge is 0.378 e. The number of nitrogens with zero attached hydrogens (tertiary/aromatic N) is 5. The second kappa shape index (κ2) is 7.73. The van der Waals surface area contributed by atoms with Gasteiger partial charge in [0.1, 0.15) is 5.82 Å². The number of ether oxygens (including phenoxy) is 1. The van der Waals surface area contributed by atoms with Crippen LogP contribution in [0.1, 0.15) is 48.8 Å². The summed E-state index contributed by atoms with van der Waals surface area (Å²) in [6, 6.07) is 6.90. The monoisotopic (exact) mass is 438 g/mol. The summed E-state index contributed by atoms with van der Waals surface area (Å²) in [4.78, 5) is 11.9. The molecular weight excluding hydrogens is 412 g/mol. The Morgan fingerprint density at radius 3 is 2.58 bits per heavy atom. The van der Waals surface area contributed by atoms with Gasteiger partial charge in [-0.3, -0.25) is 9.58 Å². The predicted octanol–water partition coefficient (Wildman–Crippen LogP) is 4.22. The number of hydrogen-bond donors (Lipinski definition) is 1. The topological polar surface area (TPSA) is 68.1 Å². The van der Waals surface area contributed by atoms with Gasteiger partial charge in [0.2, 0.25) is 5.95 Å². The highest BCUT2D eigenvalue weighted by Crippen LogP contribution is 2.40. The first-order chi connectivity index (χ1) is 15.1. The van der Waals surface area contributed by atoms with Gasteiger partial charge in [-0.1, -0.05) is 11.6 Å². The van der Waals surface area contributed by atoms with Crippen LogP contribution in [-0.4, -0.2) is 57.0 Å². The van der Waals surface area contributed by atoms with Crippen molar-refractivity contribution in [3.05, 3.63) is 40.7 Å². The number of likely N-dealkylation sites (tertiary alicyclic amines) is 1. The molecule has 3 fully saturated rings. The molecule has 1 saturated carbocycles. The van der Waals surface area contributed by atoms with Crippen LogP contribution in [0.15, 0.2) is 24.4 Å². The lowest BCUT2D eigenvalue weighted by Crippen LogP contribution is -2.51. The lowest BCUT2D eigenvalue weighted by Gasteiger charge is -2.41. The van der Waals surface area contributed by atoms with Gasteiger partial charge in [0, 0.05) is 35.6 Å². The van der Waals surface area contributed by atoms with E-state index in [2.05, 4.69) is 32.4 Å². The number of anilines is 2. The van der Waals surface area contributed by atoms with Gasteiger partial charge in [-0.15, -0.1) is 0 Å². The minimum Gasteiger partial charge on any atom is -0.378 e. The lowest BCUT2D eigenvalue weighted by atomic mass is 9.88. The van der Waals surface area contributed by atoms with Crippen molar-refractivity contribution < 1.29 is 4.74 Å². The molecule has 3 aliphatic rings. The molecule has 2 saturated heterocycles. The molecule has 0 bridgehead atoms. The normalized spacial score (nSPS) is 20.8. The summed E-state index contributed by atoms with van der Waals surface area (Å²) in [5.74, 6) is 2.60. The van der Waals surface area contributed by atoms with Crippen molar-refractivity contribution in [2.24, 2.45) is 7.05 Å². The van der Waals surface area contributed by atoms with Crippen LogP contribution in [0.25, 0.3) is 10.9 Å². The molecule has 0 amide bonds. The molecule has 1 aromatic carbocycles. The molecule has 0 spiro atoms. The molecule has 4 heterocycles. The van der Waals surface area contributed by atoms with Gasteiger partial charge in [0.25, 0.3) is 0 Å². The molecule has 3 aromatic rings. The molecule has 2 aromatic heterocycles. The zero-order valence-corrected chi connectivity index (χ0v) is 18.5. The van der Waals surface area contributed by atoms with Crippen LogP contribution in [0.3, 0.4) is 0 Å². The quantitative estimate of drug-likeness (QED) is 0.643. The summed E-state index contributed by atoms with van der Waals surface area (Å²) in [6.07, 6.45) is 6.56. The Kier molecular flexibility index (Phi) is 4.85. The SMILES string of the molecule is Cn1nc(C2CC2)cc1Nc1ncc2cc(Cl)c(C3CCN(C4COC4)CC3)cc2n1. The molecular formula is C23H27ClN6O. The van der Waals surface area contributed by atoms with E-state index >= 15 is 0 Å². The van der Waals surface area contributed by atoms with Crippen LogP contribution in [-0.2, 0) is 11.8 Å². The molecule has 0 unspecified atom stereocenters. The molecule has 8 heteroatoms. The average Bonchev–Trinajstić information content (AvgIpc) is 3.51.